The van der Waals surface area contributed by atoms with Gasteiger partial charge in [0, 0.05) is 6.42 Å². The summed E-state index contributed by atoms with van der Waals surface area (Å²) < 4.78 is 11.7. The molecule has 1 amide bonds. The van der Waals surface area contributed by atoms with Gasteiger partial charge in [-0.3, -0.25) is 10.2 Å². The van der Waals surface area contributed by atoms with Gasteiger partial charge in [-0.2, -0.15) is 15.1 Å². The Morgan fingerprint density at radius 2 is 1.72 bits per heavy atom. The van der Waals surface area contributed by atoms with Crippen LogP contribution in [0.25, 0.3) is 6.08 Å². The maximum atomic E-state index is 12.3. The average Bonchev–Trinajstić information content (AvgIpc) is 3.14. The van der Waals surface area contributed by atoms with Crippen molar-refractivity contribution >= 4 is 39.8 Å². The number of nitrogens with zero attached hydrogens (tertiary/aromatic N) is 3. The molecule has 32 heavy (non-hydrogen) atoms. The summed E-state index contributed by atoms with van der Waals surface area (Å²) >= 11 is 1.29. The van der Waals surface area contributed by atoms with E-state index in [2.05, 4.69) is 10.1 Å². The molecule has 0 radical (unpaired) electrons. The Hall–Kier alpha value is -3.39. The molecule has 4 rings (SSSR count). The third-order valence-corrected chi connectivity index (χ3v) is 5.78. The summed E-state index contributed by atoms with van der Waals surface area (Å²) in [6, 6.07) is 13.5. The van der Waals surface area contributed by atoms with Crippen molar-refractivity contribution in [2.45, 2.75) is 27.2 Å². The molecule has 2 aromatic carbocycles. The van der Waals surface area contributed by atoms with Gasteiger partial charge < -0.3 is 9.47 Å². The maximum absolute atomic E-state index is 12.3. The van der Waals surface area contributed by atoms with Crippen LogP contribution in [0.4, 0.5) is 0 Å². The number of fused-ring (bicyclic) bond motifs is 1. The number of thioether (sulfide) groups is 1. The largest absolute Gasteiger partial charge is 0.493 e. The summed E-state index contributed by atoms with van der Waals surface area (Å²) in [7, 11) is 0. The van der Waals surface area contributed by atoms with Crippen LogP contribution in [-0.4, -0.2) is 40.2 Å². The third-order valence-electron chi connectivity index (χ3n) is 4.96. The standard InChI is InChI=1S/C24H24N4O3S/c1-15-6-4-7-16(2)21(15)31-13-5-12-30-19-10-8-18(9-11-19)14-20-22(25)28-24(26-23(20)29)32-17(3)27-28/h4,6-11,14,25H,5,12-13H2,1-3H3/b20-14-,25-22?. The number of carbonyl (C=O) groups excluding carboxylic acids is 1. The van der Waals surface area contributed by atoms with E-state index in [9.17, 15) is 4.79 Å². The van der Waals surface area contributed by atoms with Gasteiger partial charge in [-0.1, -0.05) is 30.3 Å². The third kappa shape index (κ3) is 4.75. The molecule has 0 unspecified atom stereocenters. The second kappa shape index (κ2) is 9.40. The smallest absolute Gasteiger partial charge is 0.283 e. The molecule has 0 spiro atoms. The Bertz CT molecular complexity index is 1130. The number of aliphatic imine (C=N–C) groups is 1. The van der Waals surface area contributed by atoms with E-state index in [0.717, 1.165) is 39.7 Å². The highest BCUT2D eigenvalue weighted by molar-refractivity contribution is 8.26. The van der Waals surface area contributed by atoms with Crippen LogP contribution in [0, 0.1) is 19.3 Å². The van der Waals surface area contributed by atoms with Crippen molar-refractivity contribution in [1.82, 2.24) is 5.01 Å². The number of amides is 1. The van der Waals surface area contributed by atoms with Crippen molar-refractivity contribution in [3.05, 3.63) is 64.7 Å². The lowest BCUT2D eigenvalue weighted by atomic mass is 10.1. The van der Waals surface area contributed by atoms with Crippen LogP contribution in [0.15, 0.2) is 58.1 Å². The number of para-hydroxylation sites is 1. The second-order valence-electron chi connectivity index (χ2n) is 7.48. The monoisotopic (exact) mass is 448 g/mol. The van der Waals surface area contributed by atoms with E-state index in [1.807, 2.05) is 63.2 Å². The van der Waals surface area contributed by atoms with Crippen LogP contribution in [0.5, 0.6) is 11.5 Å². The molecule has 8 heteroatoms. The molecule has 1 N–H and O–H groups in total. The first kappa shape index (κ1) is 21.8. The number of nitrogens with one attached hydrogen (secondary N) is 1. The van der Waals surface area contributed by atoms with Crippen molar-refractivity contribution in [2.75, 3.05) is 13.2 Å². The molecule has 0 fully saturated rings. The van der Waals surface area contributed by atoms with E-state index < -0.39 is 5.91 Å². The predicted molar refractivity (Wildman–Crippen MR) is 129 cm³/mol. The quantitative estimate of drug-likeness (QED) is 0.486. The molecule has 0 bridgehead atoms. The molecule has 0 aromatic heterocycles. The highest BCUT2D eigenvalue weighted by Crippen LogP contribution is 2.28. The fraction of sp³-hybridized carbons (Fsp3) is 0.250. The van der Waals surface area contributed by atoms with Crippen molar-refractivity contribution in [1.29, 1.82) is 5.41 Å². The van der Waals surface area contributed by atoms with Crippen LogP contribution >= 0.6 is 11.8 Å². The zero-order valence-electron chi connectivity index (χ0n) is 18.2. The lowest BCUT2D eigenvalue weighted by Gasteiger charge is -2.20. The Balaban J connectivity index is 1.31. The highest BCUT2D eigenvalue weighted by Gasteiger charge is 2.34. The van der Waals surface area contributed by atoms with Gasteiger partial charge in [0.2, 0.25) is 5.17 Å². The molecular formula is C24H24N4O3S. The molecule has 7 nitrogen and oxygen atoms in total. The van der Waals surface area contributed by atoms with Gasteiger partial charge in [0.25, 0.3) is 5.91 Å². The van der Waals surface area contributed by atoms with Gasteiger partial charge in [-0.05, 0) is 67.4 Å². The van der Waals surface area contributed by atoms with E-state index in [-0.39, 0.29) is 11.4 Å². The fourth-order valence-corrected chi connectivity index (χ4v) is 4.10. The minimum atomic E-state index is -0.428. The molecule has 2 heterocycles. The van der Waals surface area contributed by atoms with Crippen molar-refractivity contribution in [3.8, 4) is 11.5 Å². The Kier molecular flexibility index (Phi) is 6.41. The van der Waals surface area contributed by atoms with Crippen LogP contribution in [-0.2, 0) is 4.79 Å². The van der Waals surface area contributed by atoms with Crippen LogP contribution < -0.4 is 9.47 Å². The van der Waals surface area contributed by atoms with Gasteiger partial charge in [0.05, 0.1) is 23.8 Å². The number of amidine groups is 2. The number of hydrogen-bond acceptors (Lipinski definition) is 6. The SMILES string of the molecule is CC1=NN2C(=N)/C(=C/c3ccc(OCCCOc4c(C)cccc4C)cc3)C(=O)N=C2S1. The first-order valence-corrected chi connectivity index (χ1v) is 11.1. The number of aryl methyl sites for hydroxylation is 2. The summed E-state index contributed by atoms with van der Waals surface area (Å²) in [5.74, 6) is 1.29. The van der Waals surface area contributed by atoms with E-state index in [1.165, 1.54) is 16.8 Å². The van der Waals surface area contributed by atoms with Gasteiger partial charge in [-0.15, -0.1) is 0 Å². The van der Waals surface area contributed by atoms with Crippen molar-refractivity contribution in [2.24, 2.45) is 10.1 Å². The first-order chi connectivity index (χ1) is 15.4. The van der Waals surface area contributed by atoms with Crippen LogP contribution in [0.2, 0.25) is 0 Å². The summed E-state index contributed by atoms with van der Waals surface area (Å²) in [5.41, 5.74) is 3.26. The summed E-state index contributed by atoms with van der Waals surface area (Å²) in [6.07, 6.45) is 2.42. The van der Waals surface area contributed by atoms with E-state index in [1.54, 1.807) is 6.08 Å². The average molecular weight is 449 g/mol. The number of hydrogen-bond donors (Lipinski definition) is 1. The Morgan fingerprint density at radius 3 is 2.44 bits per heavy atom. The van der Waals surface area contributed by atoms with Gasteiger partial charge in [-0.25, -0.2) is 0 Å². The molecule has 2 aromatic rings. The second-order valence-corrected chi connectivity index (χ2v) is 8.64. The molecule has 0 atom stereocenters. The van der Waals surface area contributed by atoms with Gasteiger partial charge in [0.1, 0.15) is 11.5 Å². The van der Waals surface area contributed by atoms with Crippen molar-refractivity contribution in [3.63, 3.8) is 0 Å². The zero-order valence-corrected chi connectivity index (χ0v) is 19.0. The summed E-state index contributed by atoms with van der Waals surface area (Å²) in [6.45, 7) is 7.03. The van der Waals surface area contributed by atoms with Gasteiger partial charge in [0.15, 0.2) is 5.84 Å². The summed E-state index contributed by atoms with van der Waals surface area (Å²) in [5, 5.41) is 15.1. The first-order valence-electron chi connectivity index (χ1n) is 10.3. The zero-order chi connectivity index (χ0) is 22.7. The van der Waals surface area contributed by atoms with E-state index in [4.69, 9.17) is 14.9 Å². The molecule has 0 saturated carbocycles. The number of ether oxygens (including phenoxy) is 2. The molecule has 2 aliphatic rings. The minimum absolute atomic E-state index is 0.0357. The van der Waals surface area contributed by atoms with Crippen LogP contribution in [0.1, 0.15) is 30.0 Å². The van der Waals surface area contributed by atoms with E-state index in [0.29, 0.717) is 18.4 Å². The van der Waals surface area contributed by atoms with E-state index >= 15 is 0 Å². The Morgan fingerprint density at radius 1 is 1.03 bits per heavy atom. The number of rotatable bonds is 7. The molecule has 2 aliphatic heterocycles. The molecule has 0 saturated heterocycles. The number of hydrazone groups is 1. The molecule has 0 aliphatic carbocycles. The lowest BCUT2D eigenvalue weighted by molar-refractivity contribution is -0.114. The normalized spacial score (nSPS) is 16.7. The summed E-state index contributed by atoms with van der Waals surface area (Å²) in [4.78, 5) is 16.4. The van der Waals surface area contributed by atoms with Crippen LogP contribution in [0.3, 0.4) is 0 Å². The number of benzene rings is 2. The lowest BCUT2D eigenvalue weighted by Crippen LogP contribution is -2.35. The number of carbonyl (C=O) groups is 1. The van der Waals surface area contributed by atoms with Crippen molar-refractivity contribution < 1.29 is 14.3 Å². The maximum Gasteiger partial charge on any atom is 0.283 e. The van der Waals surface area contributed by atoms with Gasteiger partial charge >= 0.3 is 0 Å². The molecule has 164 valence electrons. The molecular weight excluding hydrogens is 424 g/mol. The highest BCUT2D eigenvalue weighted by atomic mass is 32.2. The topological polar surface area (TPSA) is 87.3 Å². The Labute approximate surface area is 191 Å². The predicted octanol–water partition coefficient (Wildman–Crippen LogP) is 4.79. The fourth-order valence-electron chi connectivity index (χ4n) is 3.36. The minimum Gasteiger partial charge on any atom is -0.493 e.